The lowest BCUT2D eigenvalue weighted by Crippen LogP contribution is -2.42. The van der Waals surface area contributed by atoms with E-state index in [0.29, 0.717) is 6.04 Å². The third-order valence-corrected chi connectivity index (χ3v) is 7.16. The summed E-state index contributed by atoms with van der Waals surface area (Å²) in [5.41, 5.74) is 2.24. The molecule has 3 aromatic heterocycles. The molecule has 0 aliphatic carbocycles. The van der Waals surface area contributed by atoms with E-state index in [2.05, 4.69) is 80.2 Å². The Hall–Kier alpha value is -3.36. The molecule has 35 heavy (non-hydrogen) atoms. The summed E-state index contributed by atoms with van der Waals surface area (Å²) in [5, 5.41) is 15.5. The molecule has 1 aliphatic heterocycles. The van der Waals surface area contributed by atoms with Gasteiger partial charge in [0.05, 0.1) is 0 Å². The van der Waals surface area contributed by atoms with Gasteiger partial charge in [-0.3, -0.25) is 0 Å². The van der Waals surface area contributed by atoms with Crippen LogP contribution in [0.25, 0.3) is 27.4 Å². The largest absolute Gasteiger partial charge is 0.373 e. The number of nitrogens with one attached hydrogen (secondary N) is 1. The van der Waals surface area contributed by atoms with Crippen LogP contribution >= 0.6 is 11.3 Å². The van der Waals surface area contributed by atoms with E-state index in [9.17, 15) is 0 Å². The fraction of sp³-hybridized carbons (Fsp3) is 0.333. The van der Waals surface area contributed by atoms with Crippen molar-refractivity contribution in [2.75, 3.05) is 44.4 Å². The van der Waals surface area contributed by atoms with Crippen molar-refractivity contribution in [3.05, 3.63) is 65.9 Å². The van der Waals surface area contributed by atoms with Crippen LogP contribution in [0.5, 0.6) is 0 Å². The number of pyridine rings is 2. The van der Waals surface area contributed by atoms with Crippen LogP contribution in [-0.2, 0) is 0 Å². The predicted octanol–water partition coefficient (Wildman–Crippen LogP) is 5.36. The van der Waals surface area contributed by atoms with E-state index in [-0.39, 0.29) is 0 Å². The van der Waals surface area contributed by atoms with Gasteiger partial charge in [0.25, 0.3) is 0 Å². The van der Waals surface area contributed by atoms with Crippen molar-refractivity contribution in [1.29, 1.82) is 0 Å². The molecule has 0 radical (unpaired) electrons. The number of aryl methyl sites for hydroxylation is 1. The van der Waals surface area contributed by atoms with Crippen molar-refractivity contribution in [2.45, 2.75) is 25.8 Å². The van der Waals surface area contributed by atoms with Crippen molar-refractivity contribution in [1.82, 2.24) is 25.1 Å². The summed E-state index contributed by atoms with van der Waals surface area (Å²) in [5.74, 6) is 1.95. The normalized spacial score (nSPS) is 14.0. The third kappa shape index (κ3) is 6.21. The van der Waals surface area contributed by atoms with Gasteiger partial charge in [-0.2, -0.15) is 0 Å². The van der Waals surface area contributed by atoms with Crippen LogP contribution in [0.15, 0.2) is 55.4 Å². The molecule has 7 nitrogen and oxygen atoms in total. The standard InChI is InChI=1S/C14H21N3.C13H12N4S/c1-4-12-5-8-15-14(11-12)17-9-6-13(7-10-17)16(2)3;1-8-16-17-13(18-8)9-3-4-10-7-15-12(14-2)6-11(10)5-9/h4-5,8,11,13H,1,6-7,9-10H2,2-3H3;3-7H,1-2H3,(H,14,15). The lowest BCUT2D eigenvalue weighted by atomic mass is 10.0. The maximum Gasteiger partial charge on any atom is 0.147 e. The molecule has 0 unspecified atom stereocenters. The highest BCUT2D eigenvalue weighted by Gasteiger charge is 2.21. The minimum atomic E-state index is 0.717. The molecule has 1 N–H and O–H groups in total. The summed E-state index contributed by atoms with van der Waals surface area (Å²) in [6.45, 7) is 7.95. The zero-order valence-corrected chi connectivity index (χ0v) is 21.7. The number of piperidine rings is 1. The molecule has 0 amide bonds. The van der Waals surface area contributed by atoms with Crippen LogP contribution in [-0.4, -0.2) is 65.3 Å². The molecule has 1 saturated heterocycles. The molecule has 182 valence electrons. The third-order valence-electron chi connectivity index (χ3n) is 6.27. The van der Waals surface area contributed by atoms with Gasteiger partial charge in [0.15, 0.2) is 0 Å². The molecule has 1 fully saturated rings. The van der Waals surface area contributed by atoms with E-state index in [4.69, 9.17) is 0 Å². The Kier molecular flexibility index (Phi) is 8.05. The Labute approximate surface area is 211 Å². The number of benzene rings is 1. The highest BCUT2D eigenvalue weighted by molar-refractivity contribution is 7.14. The fourth-order valence-corrected chi connectivity index (χ4v) is 4.86. The van der Waals surface area contributed by atoms with Gasteiger partial charge in [0.2, 0.25) is 0 Å². The van der Waals surface area contributed by atoms with Crippen LogP contribution in [0.1, 0.15) is 23.4 Å². The van der Waals surface area contributed by atoms with Crippen molar-refractivity contribution in [3.8, 4) is 10.6 Å². The first-order valence-corrected chi connectivity index (χ1v) is 12.7. The monoisotopic (exact) mass is 487 g/mol. The van der Waals surface area contributed by atoms with Crippen LogP contribution < -0.4 is 10.2 Å². The SMILES string of the molecule is C=Cc1ccnc(N2CCC(N(C)C)CC2)c1.CNc1cc2cc(-c3nnc(C)s3)ccc2cn1. The molecule has 0 spiro atoms. The second-order valence-electron chi connectivity index (χ2n) is 8.84. The van der Waals surface area contributed by atoms with Gasteiger partial charge in [-0.05, 0) is 69.1 Å². The lowest BCUT2D eigenvalue weighted by molar-refractivity contribution is 0.249. The van der Waals surface area contributed by atoms with E-state index < -0.39 is 0 Å². The molecule has 1 aromatic carbocycles. The number of hydrogen-bond acceptors (Lipinski definition) is 8. The molecule has 4 aromatic rings. The molecular weight excluding hydrogens is 454 g/mol. The summed E-state index contributed by atoms with van der Waals surface area (Å²) in [6.07, 6.45) is 8.04. The lowest BCUT2D eigenvalue weighted by Gasteiger charge is -2.35. The highest BCUT2D eigenvalue weighted by Crippen LogP contribution is 2.27. The summed E-state index contributed by atoms with van der Waals surface area (Å²) in [7, 11) is 6.19. The van der Waals surface area contributed by atoms with Gasteiger partial charge in [-0.1, -0.05) is 36.1 Å². The number of nitrogens with zero attached hydrogens (tertiary/aromatic N) is 6. The molecule has 8 heteroatoms. The smallest absolute Gasteiger partial charge is 0.147 e. The van der Waals surface area contributed by atoms with E-state index >= 15 is 0 Å². The second kappa shape index (κ2) is 11.4. The Morgan fingerprint density at radius 3 is 2.51 bits per heavy atom. The summed E-state index contributed by atoms with van der Waals surface area (Å²) in [6, 6.07) is 13.1. The first-order valence-electron chi connectivity index (χ1n) is 11.8. The van der Waals surface area contributed by atoms with Gasteiger partial charge in [-0.15, -0.1) is 10.2 Å². The minimum absolute atomic E-state index is 0.717. The van der Waals surface area contributed by atoms with E-state index in [1.807, 2.05) is 44.6 Å². The molecule has 0 saturated carbocycles. The number of anilines is 2. The summed E-state index contributed by atoms with van der Waals surface area (Å²) < 4.78 is 0. The predicted molar refractivity (Wildman–Crippen MR) is 148 cm³/mol. The van der Waals surface area contributed by atoms with E-state index in [0.717, 1.165) is 56.6 Å². The highest BCUT2D eigenvalue weighted by atomic mass is 32.1. The average Bonchev–Trinajstić information content (AvgIpc) is 3.34. The van der Waals surface area contributed by atoms with Crippen molar-refractivity contribution >= 4 is 39.8 Å². The van der Waals surface area contributed by atoms with Crippen molar-refractivity contribution in [2.24, 2.45) is 0 Å². The number of fused-ring (bicyclic) bond motifs is 1. The average molecular weight is 488 g/mol. The molecule has 1 aliphatic rings. The van der Waals surface area contributed by atoms with Crippen LogP contribution in [0, 0.1) is 6.92 Å². The first kappa shape index (κ1) is 24.8. The molecule has 0 atom stereocenters. The Balaban J connectivity index is 0.000000165. The fourth-order valence-electron chi connectivity index (χ4n) is 4.17. The van der Waals surface area contributed by atoms with Crippen LogP contribution in [0.2, 0.25) is 0 Å². The Morgan fingerprint density at radius 1 is 1.06 bits per heavy atom. The minimum Gasteiger partial charge on any atom is -0.373 e. The quantitative estimate of drug-likeness (QED) is 0.406. The van der Waals surface area contributed by atoms with Gasteiger partial charge < -0.3 is 15.1 Å². The van der Waals surface area contributed by atoms with Gasteiger partial charge >= 0.3 is 0 Å². The van der Waals surface area contributed by atoms with Gasteiger partial charge in [0, 0.05) is 49.5 Å². The number of rotatable bonds is 5. The van der Waals surface area contributed by atoms with Gasteiger partial charge in [-0.25, -0.2) is 9.97 Å². The van der Waals surface area contributed by atoms with E-state index in [1.165, 1.54) is 12.8 Å². The summed E-state index contributed by atoms with van der Waals surface area (Å²) >= 11 is 1.61. The Bertz CT molecular complexity index is 1280. The molecular formula is C27H33N7S. The van der Waals surface area contributed by atoms with Crippen LogP contribution in [0.4, 0.5) is 11.6 Å². The van der Waals surface area contributed by atoms with E-state index in [1.54, 1.807) is 11.3 Å². The number of aromatic nitrogens is 4. The Morgan fingerprint density at radius 2 is 1.86 bits per heavy atom. The van der Waals surface area contributed by atoms with Crippen molar-refractivity contribution < 1.29 is 0 Å². The zero-order chi connectivity index (χ0) is 24.8. The maximum atomic E-state index is 4.45. The summed E-state index contributed by atoms with van der Waals surface area (Å²) in [4.78, 5) is 13.4. The van der Waals surface area contributed by atoms with Crippen LogP contribution in [0.3, 0.4) is 0 Å². The van der Waals surface area contributed by atoms with Crippen molar-refractivity contribution in [3.63, 3.8) is 0 Å². The molecule has 4 heterocycles. The molecule has 0 bridgehead atoms. The molecule has 5 rings (SSSR count). The van der Waals surface area contributed by atoms with Gasteiger partial charge in [0.1, 0.15) is 21.7 Å². The zero-order valence-electron chi connectivity index (χ0n) is 20.9. The number of hydrogen-bond donors (Lipinski definition) is 1. The maximum absolute atomic E-state index is 4.45. The topological polar surface area (TPSA) is 70.1 Å². The second-order valence-corrected chi connectivity index (χ2v) is 10.0. The first-order chi connectivity index (χ1) is 17.0.